The summed E-state index contributed by atoms with van der Waals surface area (Å²) in [7, 11) is -3.34. The Hall–Kier alpha value is -4.55. The number of carbonyl (C=O) groups is 3. The Bertz CT molecular complexity index is 1590. The van der Waals surface area contributed by atoms with E-state index in [1.807, 2.05) is 6.07 Å². The Balaban J connectivity index is 1.75. The number of nitrogen functional groups attached to an aromatic ring is 1. The van der Waals surface area contributed by atoms with E-state index in [4.69, 9.17) is 33.7 Å². The molecule has 0 bridgehead atoms. The number of hydrogen-bond donors (Lipinski definition) is 2. The number of carbonyl (C=O) groups excluding carboxylic acids is 3. The fourth-order valence-corrected chi connectivity index (χ4v) is 5.97. The van der Waals surface area contributed by atoms with Crippen molar-refractivity contribution in [3.05, 3.63) is 54.5 Å². The molecule has 43 heavy (non-hydrogen) atoms. The molecule has 0 spiro atoms. The first-order valence-corrected chi connectivity index (χ1v) is 14.3. The number of nitrogens with one attached hydrogen (secondary N) is 1. The molecule has 16 nitrogen and oxygen atoms in total. The van der Waals surface area contributed by atoms with Crippen molar-refractivity contribution in [2.75, 3.05) is 19.5 Å². The second-order valence-corrected chi connectivity index (χ2v) is 11.1. The van der Waals surface area contributed by atoms with E-state index < -0.39 is 62.2 Å². The van der Waals surface area contributed by atoms with Crippen molar-refractivity contribution in [1.29, 1.82) is 5.26 Å². The summed E-state index contributed by atoms with van der Waals surface area (Å²) in [4.78, 5) is 40.5. The van der Waals surface area contributed by atoms with E-state index in [9.17, 15) is 24.2 Å². The number of benzene rings is 1. The third-order valence-electron chi connectivity index (χ3n) is 6.30. The number of aromatic nitrogens is 3. The molecule has 6 atom stereocenters. The number of fused-ring (bicyclic) bond motifs is 1. The van der Waals surface area contributed by atoms with Crippen LogP contribution < -0.4 is 15.3 Å². The number of nitrogens with two attached hydrogens (primary N) is 1. The van der Waals surface area contributed by atoms with Gasteiger partial charge in [0.2, 0.25) is 5.60 Å². The lowest BCUT2D eigenvalue weighted by atomic mass is 9.95. The van der Waals surface area contributed by atoms with Crippen LogP contribution in [0.15, 0.2) is 48.8 Å². The number of methoxy groups -OCH3 is 1. The second-order valence-electron chi connectivity index (χ2n) is 9.39. The van der Waals surface area contributed by atoms with Gasteiger partial charge in [-0.05, 0) is 31.2 Å². The van der Waals surface area contributed by atoms with E-state index >= 15 is 0 Å². The van der Waals surface area contributed by atoms with Crippen LogP contribution in [0.2, 0.25) is 0 Å². The zero-order chi connectivity index (χ0) is 31.4. The fraction of sp³-hybridized carbons (Fsp3) is 0.385. The average Bonchev–Trinajstić information content (AvgIpc) is 3.52. The van der Waals surface area contributed by atoms with Crippen molar-refractivity contribution in [3.63, 3.8) is 0 Å². The van der Waals surface area contributed by atoms with Crippen LogP contribution in [0.1, 0.15) is 32.6 Å². The van der Waals surface area contributed by atoms with Crippen molar-refractivity contribution >= 4 is 37.0 Å². The van der Waals surface area contributed by atoms with Crippen molar-refractivity contribution in [2.45, 2.75) is 50.7 Å². The normalized spacial score (nSPS) is 23.5. The van der Waals surface area contributed by atoms with Gasteiger partial charge in [-0.15, -0.1) is 0 Å². The zero-order valence-electron chi connectivity index (χ0n) is 23.5. The Morgan fingerprint density at radius 1 is 1.19 bits per heavy atom. The number of nitrogens with zero attached hydrogens (tertiary/aromatic N) is 4. The lowest BCUT2D eigenvalue weighted by Crippen LogP contribution is -2.49. The highest BCUT2D eigenvalue weighted by Gasteiger charge is 2.62. The van der Waals surface area contributed by atoms with E-state index in [2.05, 4.69) is 15.2 Å². The molecule has 0 radical (unpaired) electrons. The van der Waals surface area contributed by atoms with Gasteiger partial charge in [-0.1, -0.05) is 18.2 Å². The molecule has 3 N–H and O–H groups in total. The Labute approximate surface area is 245 Å². The highest BCUT2D eigenvalue weighted by Crippen LogP contribution is 2.49. The first-order valence-electron chi connectivity index (χ1n) is 12.8. The summed E-state index contributed by atoms with van der Waals surface area (Å²) in [5.41, 5.74) is 4.40. The number of nitriles is 1. The quantitative estimate of drug-likeness (QED) is 0.179. The van der Waals surface area contributed by atoms with Crippen LogP contribution in [0.3, 0.4) is 0 Å². The predicted octanol–water partition coefficient (Wildman–Crippen LogP) is 1.86. The molecule has 0 unspecified atom stereocenters. The molecule has 0 saturated carbocycles. The van der Waals surface area contributed by atoms with Gasteiger partial charge in [0.05, 0.1) is 12.8 Å². The zero-order valence-corrected chi connectivity index (χ0v) is 24.4. The van der Waals surface area contributed by atoms with E-state index in [1.165, 1.54) is 29.9 Å². The van der Waals surface area contributed by atoms with Crippen LogP contribution in [-0.4, -0.2) is 70.1 Å². The maximum Gasteiger partial charge on any atom is 0.459 e. The summed E-state index contributed by atoms with van der Waals surface area (Å²) >= 11 is 0. The molecule has 1 fully saturated rings. The molecule has 2 aromatic heterocycles. The maximum absolute atomic E-state index is 14.0. The molecule has 17 heteroatoms. The lowest BCUT2D eigenvalue weighted by molar-refractivity contribution is -0.166. The van der Waals surface area contributed by atoms with Gasteiger partial charge in [0, 0.05) is 13.8 Å². The lowest BCUT2D eigenvalue weighted by Gasteiger charge is -2.30. The van der Waals surface area contributed by atoms with E-state index in [1.54, 1.807) is 30.3 Å². The Morgan fingerprint density at radius 3 is 2.51 bits per heavy atom. The first kappa shape index (κ1) is 31.4. The molecule has 4 rings (SSSR count). The molecule has 1 aliphatic heterocycles. The minimum absolute atomic E-state index is 0.109. The topological polar surface area (TPSA) is 216 Å². The van der Waals surface area contributed by atoms with Gasteiger partial charge in [-0.2, -0.15) is 15.4 Å². The van der Waals surface area contributed by atoms with Crippen LogP contribution in [0.4, 0.5) is 5.82 Å². The van der Waals surface area contributed by atoms with Crippen LogP contribution in [-0.2, 0) is 42.4 Å². The van der Waals surface area contributed by atoms with E-state index in [0.717, 1.165) is 21.0 Å². The van der Waals surface area contributed by atoms with E-state index in [0.29, 0.717) is 5.52 Å². The summed E-state index contributed by atoms with van der Waals surface area (Å²) in [5, 5.41) is 17.1. The van der Waals surface area contributed by atoms with Crippen molar-refractivity contribution < 1.29 is 46.9 Å². The summed E-state index contributed by atoms with van der Waals surface area (Å²) in [6.45, 7) is 2.73. The van der Waals surface area contributed by atoms with E-state index in [-0.39, 0.29) is 17.3 Å². The standard InChI is InChI=1S/C26H29N6O10P/c1-15(25(35)37-4)31-43(36,42-18-8-6-5-7-9-18)38-13-26(12-27)23(40-17(3)34)22(39-16(2)33)21(41-26)19-10-11-20-24(28)29-14-30-32(19)20/h5-11,14-15,21-23H,13H2,1-4H3,(H,31,36)(H2,28,29,30)/t15-,21-,22-,23-,26+,43+/m0/s1. The van der Waals surface area contributed by atoms with Crippen LogP contribution in [0, 0.1) is 11.3 Å². The first-order chi connectivity index (χ1) is 20.4. The smallest absolute Gasteiger partial charge is 0.459 e. The highest BCUT2D eigenvalue weighted by molar-refractivity contribution is 7.52. The molecular weight excluding hydrogens is 587 g/mol. The second kappa shape index (κ2) is 12.8. The molecule has 1 aliphatic rings. The SMILES string of the molecule is COC(=O)[C@H](C)N[P@@](=O)(OC[C@@]1(C#N)O[C@@H](c2ccc3c(N)ncnn23)[C@H](OC(C)=O)[C@@H]1OC(C)=O)Oc1ccccc1. The summed E-state index contributed by atoms with van der Waals surface area (Å²) in [5.74, 6) is -2.13. The molecule has 1 aromatic carbocycles. The average molecular weight is 617 g/mol. The van der Waals surface area contributed by atoms with Crippen molar-refractivity contribution in [1.82, 2.24) is 19.7 Å². The number of esters is 3. The minimum Gasteiger partial charge on any atom is -0.468 e. The van der Waals surface area contributed by atoms with Gasteiger partial charge >= 0.3 is 25.7 Å². The van der Waals surface area contributed by atoms with Crippen LogP contribution in [0.5, 0.6) is 5.75 Å². The molecule has 1 saturated heterocycles. The highest BCUT2D eigenvalue weighted by atomic mass is 31.2. The maximum atomic E-state index is 14.0. The number of para-hydroxylation sites is 1. The molecular formula is C26H29N6O10P. The molecule has 3 heterocycles. The minimum atomic E-state index is -4.48. The van der Waals surface area contributed by atoms with Crippen molar-refractivity contribution in [3.8, 4) is 11.8 Å². The molecule has 0 aliphatic carbocycles. The molecule has 228 valence electrons. The van der Waals surface area contributed by atoms with Gasteiger partial charge < -0.3 is 29.2 Å². The summed E-state index contributed by atoms with van der Waals surface area (Å²) in [6, 6.07) is 11.8. The molecule has 3 aromatic rings. The number of hydrogen-bond acceptors (Lipinski definition) is 14. The largest absolute Gasteiger partial charge is 0.468 e. The summed E-state index contributed by atoms with van der Waals surface area (Å²) in [6.07, 6.45) is -3.05. The monoisotopic (exact) mass is 616 g/mol. The number of ether oxygens (including phenoxy) is 4. The predicted molar refractivity (Wildman–Crippen MR) is 146 cm³/mol. The third-order valence-corrected chi connectivity index (χ3v) is 7.93. The Morgan fingerprint density at radius 2 is 1.88 bits per heavy atom. The van der Waals surface area contributed by atoms with Gasteiger partial charge in [0.15, 0.2) is 18.0 Å². The number of anilines is 1. The van der Waals surface area contributed by atoms with Gasteiger partial charge in [0.1, 0.15) is 42.4 Å². The van der Waals surface area contributed by atoms with Crippen molar-refractivity contribution in [2.24, 2.45) is 0 Å². The van der Waals surface area contributed by atoms with Gasteiger partial charge in [-0.25, -0.2) is 14.1 Å². The fourth-order valence-electron chi connectivity index (χ4n) is 4.45. The summed E-state index contributed by atoms with van der Waals surface area (Å²) < 4.78 is 48.5. The van der Waals surface area contributed by atoms with Gasteiger partial charge in [0.25, 0.3) is 0 Å². The van der Waals surface area contributed by atoms with Gasteiger partial charge in [-0.3, -0.25) is 18.9 Å². The Kier molecular flexibility index (Phi) is 9.31. The number of rotatable bonds is 11. The third kappa shape index (κ3) is 6.76. The van der Waals surface area contributed by atoms with Crippen LogP contribution >= 0.6 is 7.75 Å². The van der Waals surface area contributed by atoms with Crippen LogP contribution in [0.25, 0.3) is 5.52 Å². The molecule has 0 amide bonds.